The largest absolute Gasteiger partial charge is 0.377 e. The predicted octanol–water partition coefficient (Wildman–Crippen LogP) is 3.58. The Balaban J connectivity index is 1.40. The van der Waals surface area contributed by atoms with Crippen LogP contribution >= 0.6 is 11.3 Å². The highest BCUT2D eigenvalue weighted by Crippen LogP contribution is 2.39. The van der Waals surface area contributed by atoms with Crippen molar-refractivity contribution in [1.82, 2.24) is 29.5 Å². The molecule has 0 amide bonds. The molecule has 5 aromatic rings. The van der Waals surface area contributed by atoms with Crippen LogP contribution in [0.1, 0.15) is 17.8 Å². The molecule has 0 saturated carbocycles. The van der Waals surface area contributed by atoms with Gasteiger partial charge in [0.15, 0.2) is 0 Å². The van der Waals surface area contributed by atoms with Crippen molar-refractivity contribution in [3.8, 4) is 21.8 Å². The van der Waals surface area contributed by atoms with E-state index in [1.165, 1.54) is 6.33 Å². The molecule has 8 heteroatoms. The number of hydrogen-bond acceptors (Lipinski definition) is 6. The van der Waals surface area contributed by atoms with Crippen LogP contribution in [0.4, 0.5) is 0 Å². The molecule has 0 spiro atoms. The number of nitrogens with zero attached hydrogens (tertiary/aromatic N) is 5. The summed E-state index contributed by atoms with van der Waals surface area (Å²) in [5.41, 5.74) is 3.42. The lowest BCUT2D eigenvalue weighted by molar-refractivity contribution is 0.0786. The van der Waals surface area contributed by atoms with Gasteiger partial charge in [-0.1, -0.05) is 18.2 Å². The SMILES string of the molecule is O[C@]1(c2cccc(-c3csc(-c4c[nH]c5ncncc45)n3)c2)CCn2ccnc21. The van der Waals surface area contributed by atoms with Crippen molar-refractivity contribution in [2.24, 2.45) is 0 Å². The molecule has 142 valence electrons. The summed E-state index contributed by atoms with van der Waals surface area (Å²) in [5.74, 6) is 0.701. The number of benzene rings is 1. The Morgan fingerprint density at radius 2 is 2.21 bits per heavy atom. The van der Waals surface area contributed by atoms with E-state index in [4.69, 9.17) is 4.98 Å². The van der Waals surface area contributed by atoms with Crippen LogP contribution in [-0.2, 0) is 12.1 Å². The second kappa shape index (κ2) is 6.07. The maximum Gasteiger partial charge on any atom is 0.149 e. The van der Waals surface area contributed by atoms with Crippen molar-refractivity contribution < 1.29 is 5.11 Å². The Kier molecular flexibility index (Phi) is 3.47. The molecule has 1 aliphatic heterocycles. The molecule has 1 aromatic carbocycles. The number of aryl methyl sites for hydroxylation is 1. The summed E-state index contributed by atoms with van der Waals surface area (Å²) in [6.07, 6.45) is 9.51. The number of imidazole rings is 1. The molecule has 5 heterocycles. The molecule has 0 saturated heterocycles. The molecule has 7 nitrogen and oxygen atoms in total. The van der Waals surface area contributed by atoms with Gasteiger partial charge in [-0.05, 0) is 11.6 Å². The van der Waals surface area contributed by atoms with E-state index in [1.54, 1.807) is 23.7 Å². The lowest BCUT2D eigenvalue weighted by Crippen LogP contribution is -2.25. The number of nitrogens with one attached hydrogen (secondary N) is 1. The number of fused-ring (bicyclic) bond motifs is 2. The Bertz CT molecular complexity index is 1350. The lowest BCUT2D eigenvalue weighted by Gasteiger charge is -2.22. The number of aliphatic hydroxyl groups is 1. The first-order chi connectivity index (χ1) is 14.2. The Morgan fingerprint density at radius 1 is 1.24 bits per heavy atom. The molecule has 0 bridgehead atoms. The number of thiazole rings is 1. The number of rotatable bonds is 3. The van der Waals surface area contributed by atoms with E-state index in [1.807, 2.05) is 46.6 Å². The summed E-state index contributed by atoms with van der Waals surface area (Å²) in [6.45, 7) is 0.763. The third-order valence-electron chi connectivity index (χ3n) is 5.53. The summed E-state index contributed by atoms with van der Waals surface area (Å²) in [5, 5.41) is 15.2. The predicted molar refractivity (Wildman–Crippen MR) is 110 cm³/mol. The number of hydrogen-bond donors (Lipinski definition) is 2. The average Bonchev–Trinajstić information content (AvgIpc) is 3.53. The van der Waals surface area contributed by atoms with Gasteiger partial charge in [-0.25, -0.2) is 19.9 Å². The monoisotopic (exact) mass is 400 g/mol. The molecule has 0 aliphatic carbocycles. The zero-order valence-electron chi connectivity index (χ0n) is 15.3. The molecule has 0 unspecified atom stereocenters. The molecule has 0 fully saturated rings. The van der Waals surface area contributed by atoms with Crippen molar-refractivity contribution in [2.45, 2.75) is 18.6 Å². The molecule has 1 aliphatic rings. The van der Waals surface area contributed by atoms with Gasteiger partial charge in [0.2, 0.25) is 0 Å². The van der Waals surface area contributed by atoms with Crippen LogP contribution in [0.25, 0.3) is 32.9 Å². The molecule has 1 atom stereocenters. The standard InChI is InChI=1S/C21H16N6OS/c28-21(4-6-27-7-5-23-20(21)27)14-3-1-2-13(8-14)17-11-29-19(26-17)16-10-24-18-15(16)9-22-12-25-18/h1-3,5,7-12,28H,4,6H2,(H,22,24,25)/t21-/m0/s1. The second-order valence-corrected chi connectivity index (χ2v) is 8.02. The van der Waals surface area contributed by atoms with Crippen LogP contribution in [0, 0.1) is 0 Å². The summed E-state index contributed by atoms with van der Waals surface area (Å²) < 4.78 is 2.01. The third-order valence-corrected chi connectivity index (χ3v) is 6.40. The summed E-state index contributed by atoms with van der Waals surface area (Å²) in [7, 11) is 0. The van der Waals surface area contributed by atoms with E-state index >= 15 is 0 Å². The average molecular weight is 400 g/mol. The van der Waals surface area contributed by atoms with Crippen molar-refractivity contribution in [2.75, 3.05) is 0 Å². The Morgan fingerprint density at radius 3 is 3.17 bits per heavy atom. The zero-order valence-corrected chi connectivity index (χ0v) is 16.1. The van der Waals surface area contributed by atoms with Gasteiger partial charge in [0, 0.05) is 59.6 Å². The van der Waals surface area contributed by atoms with E-state index < -0.39 is 5.60 Å². The molecular formula is C21H16N6OS. The fourth-order valence-electron chi connectivity index (χ4n) is 4.02. The molecular weight excluding hydrogens is 384 g/mol. The van der Waals surface area contributed by atoms with Crippen LogP contribution in [0.5, 0.6) is 0 Å². The summed E-state index contributed by atoms with van der Waals surface area (Å²) in [6, 6.07) is 7.96. The van der Waals surface area contributed by atoms with Gasteiger partial charge in [0.05, 0.1) is 5.69 Å². The van der Waals surface area contributed by atoms with Crippen molar-refractivity contribution in [3.05, 3.63) is 72.1 Å². The summed E-state index contributed by atoms with van der Waals surface area (Å²) in [4.78, 5) is 20.8. The normalized spacial score (nSPS) is 18.4. The van der Waals surface area contributed by atoms with Crippen LogP contribution in [0.3, 0.4) is 0 Å². The van der Waals surface area contributed by atoms with Crippen LogP contribution in [-0.4, -0.2) is 34.6 Å². The fraction of sp³-hybridized carbons (Fsp3) is 0.143. The van der Waals surface area contributed by atoms with Crippen LogP contribution in [0.15, 0.2) is 60.8 Å². The van der Waals surface area contributed by atoms with Gasteiger partial charge in [-0.15, -0.1) is 11.3 Å². The first-order valence-corrected chi connectivity index (χ1v) is 10.2. The molecule has 29 heavy (non-hydrogen) atoms. The molecule has 4 aromatic heterocycles. The molecule has 6 rings (SSSR count). The van der Waals surface area contributed by atoms with Crippen LogP contribution < -0.4 is 0 Å². The van der Waals surface area contributed by atoms with Crippen LogP contribution in [0.2, 0.25) is 0 Å². The molecule has 2 N–H and O–H groups in total. The van der Waals surface area contributed by atoms with E-state index in [9.17, 15) is 5.11 Å². The third kappa shape index (κ3) is 2.46. The highest BCUT2D eigenvalue weighted by atomic mass is 32.1. The van der Waals surface area contributed by atoms with Gasteiger partial charge in [-0.2, -0.15) is 0 Å². The second-order valence-electron chi connectivity index (χ2n) is 7.16. The Labute approximate surface area is 169 Å². The Hall–Kier alpha value is -3.36. The minimum Gasteiger partial charge on any atom is -0.377 e. The lowest BCUT2D eigenvalue weighted by atomic mass is 9.90. The minimum atomic E-state index is -1.06. The van der Waals surface area contributed by atoms with Gasteiger partial charge in [-0.3, -0.25) is 0 Å². The number of aromatic amines is 1. The number of H-pyrrole nitrogens is 1. The maximum absolute atomic E-state index is 11.3. The van der Waals surface area contributed by atoms with E-state index in [2.05, 4.69) is 19.9 Å². The van der Waals surface area contributed by atoms with Gasteiger partial charge >= 0.3 is 0 Å². The quantitative estimate of drug-likeness (QED) is 0.483. The molecule has 0 radical (unpaired) electrons. The van der Waals surface area contributed by atoms with Gasteiger partial charge in [0.1, 0.15) is 28.4 Å². The first-order valence-electron chi connectivity index (χ1n) is 9.30. The van der Waals surface area contributed by atoms with Gasteiger partial charge in [0.25, 0.3) is 0 Å². The van der Waals surface area contributed by atoms with E-state index in [-0.39, 0.29) is 0 Å². The maximum atomic E-state index is 11.3. The van der Waals surface area contributed by atoms with E-state index in [0.29, 0.717) is 12.2 Å². The van der Waals surface area contributed by atoms with Crippen molar-refractivity contribution >= 4 is 22.4 Å². The van der Waals surface area contributed by atoms with Gasteiger partial charge < -0.3 is 14.7 Å². The highest BCUT2D eigenvalue weighted by Gasteiger charge is 2.40. The van der Waals surface area contributed by atoms with Crippen molar-refractivity contribution in [3.63, 3.8) is 0 Å². The smallest absolute Gasteiger partial charge is 0.149 e. The zero-order chi connectivity index (χ0) is 19.4. The minimum absolute atomic E-state index is 0.622. The first kappa shape index (κ1) is 16.6. The van der Waals surface area contributed by atoms with E-state index in [0.717, 1.165) is 45.0 Å². The van der Waals surface area contributed by atoms with Crippen molar-refractivity contribution in [1.29, 1.82) is 0 Å². The number of aromatic nitrogens is 6. The topological polar surface area (TPSA) is 92.5 Å². The fourth-order valence-corrected chi connectivity index (χ4v) is 4.88. The highest BCUT2D eigenvalue weighted by molar-refractivity contribution is 7.13. The summed E-state index contributed by atoms with van der Waals surface area (Å²) >= 11 is 1.58.